The number of urea groups is 1. The Kier molecular flexibility index (Phi) is 5.57. The molecule has 0 saturated carbocycles. The first-order valence-electron chi connectivity index (χ1n) is 7.64. The lowest BCUT2D eigenvalue weighted by Crippen LogP contribution is -2.37. The third-order valence-electron chi connectivity index (χ3n) is 3.76. The molecule has 1 unspecified atom stereocenters. The van der Waals surface area contributed by atoms with Crippen molar-refractivity contribution in [3.8, 4) is 0 Å². The maximum atomic E-state index is 12.5. The summed E-state index contributed by atoms with van der Waals surface area (Å²) in [6.45, 7) is 4.06. The molecule has 2 aromatic rings. The number of hydrogen-bond donors (Lipinski definition) is 2. The van der Waals surface area contributed by atoms with Crippen LogP contribution in [0.5, 0.6) is 0 Å². The van der Waals surface area contributed by atoms with Crippen LogP contribution >= 0.6 is 0 Å². The van der Waals surface area contributed by atoms with Crippen LogP contribution in [-0.2, 0) is 11.3 Å². The molecule has 0 bridgehead atoms. The number of nitrogens with two attached hydrogens (primary N) is 1. The van der Waals surface area contributed by atoms with Gasteiger partial charge < -0.3 is 20.5 Å². The van der Waals surface area contributed by atoms with E-state index in [1.807, 2.05) is 31.2 Å². The van der Waals surface area contributed by atoms with Gasteiger partial charge in [0.25, 0.3) is 0 Å². The van der Waals surface area contributed by atoms with Crippen LogP contribution in [0.4, 0.5) is 4.79 Å². The molecular formula is C17H22N4O3. The number of benzene rings is 1. The standard InChI is InChI=1S/C17H22N4O3/c1-11-6-4-5-7-14(11)15(19-17(18)23)9-16(22)21(3)10-13-8-12(2)24-20-13/h4-8,15H,9-10H2,1-3H3,(H3,18,19,23). The van der Waals surface area contributed by atoms with E-state index in [9.17, 15) is 9.59 Å². The molecule has 2 rings (SSSR count). The molecule has 3 N–H and O–H groups in total. The number of hydrogen-bond acceptors (Lipinski definition) is 4. The summed E-state index contributed by atoms with van der Waals surface area (Å²) < 4.78 is 5.00. The van der Waals surface area contributed by atoms with E-state index in [1.54, 1.807) is 24.9 Å². The van der Waals surface area contributed by atoms with E-state index in [-0.39, 0.29) is 12.3 Å². The second-order valence-electron chi connectivity index (χ2n) is 5.80. The molecule has 24 heavy (non-hydrogen) atoms. The van der Waals surface area contributed by atoms with Crippen molar-refractivity contribution in [3.63, 3.8) is 0 Å². The van der Waals surface area contributed by atoms with Gasteiger partial charge in [0.2, 0.25) is 5.91 Å². The van der Waals surface area contributed by atoms with Gasteiger partial charge in [-0.2, -0.15) is 0 Å². The Morgan fingerprint density at radius 1 is 1.33 bits per heavy atom. The lowest BCUT2D eigenvalue weighted by atomic mass is 9.98. The lowest BCUT2D eigenvalue weighted by molar-refractivity contribution is -0.131. The van der Waals surface area contributed by atoms with Crippen LogP contribution < -0.4 is 11.1 Å². The van der Waals surface area contributed by atoms with Crippen molar-refractivity contribution in [1.82, 2.24) is 15.4 Å². The van der Waals surface area contributed by atoms with Crippen LogP contribution in [-0.4, -0.2) is 29.0 Å². The molecule has 0 fully saturated rings. The molecule has 0 aliphatic carbocycles. The van der Waals surface area contributed by atoms with E-state index in [2.05, 4.69) is 10.5 Å². The van der Waals surface area contributed by atoms with Gasteiger partial charge in [-0.1, -0.05) is 29.4 Å². The molecule has 1 aromatic carbocycles. The van der Waals surface area contributed by atoms with Crippen LogP contribution in [0.2, 0.25) is 0 Å². The highest BCUT2D eigenvalue weighted by molar-refractivity contribution is 5.78. The number of nitrogens with zero attached hydrogens (tertiary/aromatic N) is 2. The second-order valence-corrected chi connectivity index (χ2v) is 5.80. The normalized spacial score (nSPS) is 11.8. The van der Waals surface area contributed by atoms with Crippen molar-refractivity contribution in [2.75, 3.05) is 7.05 Å². The van der Waals surface area contributed by atoms with E-state index in [1.165, 1.54) is 0 Å². The van der Waals surface area contributed by atoms with Gasteiger partial charge in [0.1, 0.15) is 11.5 Å². The van der Waals surface area contributed by atoms with Gasteiger partial charge in [0, 0.05) is 13.1 Å². The molecule has 1 atom stereocenters. The van der Waals surface area contributed by atoms with Crippen LogP contribution in [0.3, 0.4) is 0 Å². The van der Waals surface area contributed by atoms with Crippen LogP contribution in [0.1, 0.15) is 35.0 Å². The van der Waals surface area contributed by atoms with Crippen LogP contribution in [0.15, 0.2) is 34.9 Å². The van der Waals surface area contributed by atoms with Crippen molar-refractivity contribution < 1.29 is 14.1 Å². The molecule has 0 aliphatic heterocycles. The minimum Gasteiger partial charge on any atom is -0.361 e. The van der Waals surface area contributed by atoms with Crippen molar-refractivity contribution in [3.05, 3.63) is 52.9 Å². The number of aryl methyl sites for hydroxylation is 2. The smallest absolute Gasteiger partial charge is 0.312 e. The van der Waals surface area contributed by atoms with Gasteiger partial charge >= 0.3 is 6.03 Å². The van der Waals surface area contributed by atoms with Gasteiger partial charge in [0.15, 0.2) is 0 Å². The highest BCUT2D eigenvalue weighted by atomic mass is 16.5. The highest BCUT2D eigenvalue weighted by Crippen LogP contribution is 2.21. The summed E-state index contributed by atoms with van der Waals surface area (Å²) in [5.41, 5.74) is 7.80. The molecular weight excluding hydrogens is 308 g/mol. The zero-order valence-corrected chi connectivity index (χ0v) is 14.1. The van der Waals surface area contributed by atoms with Crippen molar-refractivity contribution in [1.29, 1.82) is 0 Å². The number of carbonyl (C=O) groups is 2. The first-order chi connectivity index (χ1) is 11.4. The molecule has 128 valence electrons. The van der Waals surface area contributed by atoms with Gasteiger partial charge in [0.05, 0.1) is 19.0 Å². The summed E-state index contributed by atoms with van der Waals surface area (Å²) >= 11 is 0. The highest BCUT2D eigenvalue weighted by Gasteiger charge is 2.21. The molecule has 3 amide bonds. The van der Waals surface area contributed by atoms with E-state index in [4.69, 9.17) is 10.3 Å². The number of amides is 3. The third-order valence-corrected chi connectivity index (χ3v) is 3.76. The molecule has 1 heterocycles. The van der Waals surface area contributed by atoms with Crippen LogP contribution in [0.25, 0.3) is 0 Å². The maximum absolute atomic E-state index is 12.5. The van der Waals surface area contributed by atoms with Gasteiger partial charge in [-0.05, 0) is 25.0 Å². The van der Waals surface area contributed by atoms with Crippen molar-refractivity contribution in [2.24, 2.45) is 5.73 Å². The van der Waals surface area contributed by atoms with E-state index in [0.29, 0.717) is 18.0 Å². The Labute approximate surface area is 140 Å². The van der Waals surface area contributed by atoms with Gasteiger partial charge in [-0.15, -0.1) is 0 Å². The average molecular weight is 330 g/mol. The Morgan fingerprint density at radius 2 is 2.04 bits per heavy atom. The summed E-state index contributed by atoms with van der Waals surface area (Å²) in [4.78, 5) is 25.4. The Balaban J connectivity index is 2.09. The first-order valence-corrected chi connectivity index (χ1v) is 7.64. The third kappa shape index (κ3) is 4.58. The summed E-state index contributed by atoms with van der Waals surface area (Å²) in [5.74, 6) is 0.566. The summed E-state index contributed by atoms with van der Waals surface area (Å²) in [6.07, 6.45) is 0.112. The number of carbonyl (C=O) groups excluding carboxylic acids is 2. The van der Waals surface area contributed by atoms with E-state index >= 15 is 0 Å². The summed E-state index contributed by atoms with van der Waals surface area (Å²) in [7, 11) is 1.69. The fraction of sp³-hybridized carbons (Fsp3) is 0.353. The predicted octanol–water partition coefficient (Wildman–Crippen LogP) is 2.05. The topological polar surface area (TPSA) is 101 Å². The molecule has 0 spiro atoms. The predicted molar refractivity (Wildman–Crippen MR) is 89.0 cm³/mol. The second kappa shape index (κ2) is 7.63. The Bertz CT molecular complexity index is 726. The van der Waals surface area contributed by atoms with E-state index < -0.39 is 12.1 Å². The largest absolute Gasteiger partial charge is 0.361 e. The number of nitrogens with one attached hydrogen (secondary N) is 1. The molecule has 7 nitrogen and oxygen atoms in total. The fourth-order valence-electron chi connectivity index (χ4n) is 2.54. The van der Waals surface area contributed by atoms with E-state index in [0.717, 1.165) is 11.1 Å². The molecule has 7 heteroatoms. The van der Waals surface area contributed by atoms with Crippen molar-refractivity contribution in [2.45, 2.75) is 32.9 Å². The SMILES string of the molecule is Cc1cc(CN(C)C(=O)CC(NC(N)=O)c2ccccc2C)no1. The fourth-order valence-corrected chi connectivity index (χ4v) is 2.54. The quantitative estimate of drug-likeness (QED) is 0.846. The zero-order chi connectivity index (χ0) is 17.7. The minimum atomic E-state index is -0.661. The zero-order valence-electron chi connectivity index (χ0n) is 14.1. The number of primary amides is 1. The first kappa shape index (κ1) is 17.5. The lowest BCUT2D eigenvalue weighted by Gasteiger charge is -2.23. The summed E-state index contributed by atoms with van der Waals surface area (Å²) in [5, 5.41) is 6.53. The average Bonchev–Trinajstić information content (AvgIpc) is 2.91. The Morgan fingerprint density at radius 3 is 2.62 bits per heavy atom. The maximum Gasteiger partial charge on any atom is 0.312 e. The molecule has 0 radical (unpaired) electrons. The molecule has 1 aromatic heterocycles. The monoisotopic (exact) mass is 330 g/mol. The summed E-state index contributed by atoms with van der Waals surface area (Å²) in [6, 6.07) is 8.22. The minimum absolute atomic E-state index is 0.112. The molecule has 0 saturated heterocycles. The molecule has 0 aliphatic rings. The Hall–Kier alpha value is -2.83. The van der Waals surface area contributed by atoms with Crippen LogP contribution in [0, 0.1) is 13.8 Å². The van der Waals surface area contributed by atoms with Gasteiger partial charge in [-0.25, -0.2) is 4.79 Å². The number of aromatic nitrogens is 1. The number of rotatable bonds is 6. The van der Waals surface area contributed by atoms with Gasteiger partial charge in [-0.3, -0.25) is 4.79 Å². The van der Waals surface area contributed by atoms with Crippen molar-refractivity contribution >= 4 is 11.9 Å².